The average molecular weight is 292 g/mol. The molecule has 1 aromatic rings. The number of hydrogen-bond donors (Lipinski definition) is 1. The molecule has 5 heteroatoms. The number of nitrogens with one attached hydrogen (secondary N) is 1. The quantitative estimate of drug-likeness (QED) is 0.655. The van der Waals surface area contributed by atoms with Gasteiger partial charge in [-0.05, 0) is 37.2 Å². The summed E-state index contributed by atoms with van der Waals surface area (Å²) < 4.78 is 5.98. The van der Waals surface area contributed by atoms with E-state index in [1.165, 1.54) is 18.9 Å². The molecule has 1 saturated carbocycles. The van der Waals surface area contributed by atoms with E-state index in [2.05, 4.69) is 19.2 Å². The van der Waals surface area contributed by atoms with Crippen molar-refractivity contribution in [2.75, 3.05) is 12.4 Å². The lowest BCUT2D eigenvalue weighted by atomic mass is 9.76. The number of hydrogen-bond acceptors (Lipinski definition) is 4. The highest BCUT2D eigenvalue weighted by molar-refractivity contribution is 5.55. The molecule has 0 bridgehead atoms. The molecule has 0 spiro atoms. The summed E-state index contributed by atoms with van der Waals surface area (Å²) in [7, 11) is 1.81. The summed E-state index contributed by atoms with van der Waals surface area (Å²) in [5, 5.41) is 13.9. The van der Waals surface area contributed by atoms with E-state index < -0.39 is 0 Å². The average Bonchev–Trinajstić information content (AvgIpc) is 2.45. The van der Waals surface area contributed by atoms with Gasteiger partial charge in [0, 0.05) is 30.4 Å². The summed E-state index contributed by atoms with van der Waals surface area (Å²) in [6.07, 6.45) is 4.74. The Hall–Kier alpha value is -1.62. The zero-order valence-electron chi connectivity index (χ0n) is 13.0. The van der Waals surface area contributed by atoms with Crippen LogP contribution in [0, 0.1) is 15.5 Å². The molecule has 0 unspecified atom stereocenters. The molecule has 0 heterocycles. The second kappa shape index (κ2) is 6.43. The van der Waals surface area contributed by atoms with Crippen molar-refractivity contribution in [3.8, 4) is 0 Å². The van der Waals surface area contributed by atoms with Crippen molar-refractivity contribution in [3.63, 3.8) is 0 Å². The van der Waals surface area contributed by atoms with Crippen LogP contribution in [0.2, 0.25) is 0 Å². The number of anilines is 1. The zero-order valence-corrected chi connectivity index (χ0v) is 13.0. The third-order valence-corrected chi connectivity index (χ3v) is 4.33. The first-order chi connectivity index (χ1) is 9.91. The number of nitro groups is 1. The van der Waals surface area contributed by atoms with Gasteiger partial charge in [-0.1, -0.05) is 13.8 Å². The van der Waals surface area contributed by atoms with E-state index >= 15 is 0 Å². The predicted octanol–water partition coefficient (Wildman–Crippen LogP) is 4.12. The molecule has 1 fully saturated rings. The van der Waals surface area contributed by atoms with Gasteiger partial charge in [0.2, 0.25) is 0 Å². The lowest BCUT2D eigenvalue weighted by Gasteiger charge is -2.34. The third-order valence-electron chi connectivity index (χ3n) is 4.33. The van der Waals surface area contributed by atoms with Gasteiger partial charge in [-0.3, -0.25) is 10.1 Å². The molecular weight excluding hydrogens is 268 g/mol. The van der Waals surface area contributed by atoms with Gasteiger partial charge in [0.25, 0.3) is 5.69 Å². The maximum absolute atomic E-state index is 10.9. The van der Waals surface area contributed by atoms with Gasteiger partial charge in [-0.25, -0.2) is 0 Å². The second-order valence-corrected chi connectivity index (χ2v) is 6.52. The Labute approximate surface area is 125 Å². The molecule has 0 atom stereocenters. The zero-order chi connectivity index (χ0) is 15.5. The Bertz CT molecular complexity index is 504. The summed E-state index contributed by atoms with van der Waals surface area (Å²) in [5.74, 6) is 0. The third kappa shape index (κ3) is 4.17. The highest BCUT2D eigenvalue weighted by Gasteiger charge is 2.27. The standard InChI is InChI=1S/C16H24N2O3/c1-16(2)8-6-14(7-9-16)21-11-12-10-13(18(19)20)4-5-15(12)17-3/h4-5,10,14,17H,6-9,11H2,1-3H3. The molecule has 0 radical (unpaired) electrons. The van der Waals surface area contributed by atoms with Crippen LogP contribution < -0.4 is 5.32 Å². The van der Waals surface area contributed by atoms with Gasteiger partial charge in [0.1, 0.15) is 0 Å². The topological polar surface area (TPSA) is 64.4 Å². The summed E-state index contributed by atoms with van der Waals surface area (Å²) >= 11 is 0. The largest absolute Gasteiger partial charge is 0.388 e. The van der Waals surface area contributed by atoms with Gasteiger partial charge >= 0.3 is 0 Å². The van der Waals surface area contributed by atoms with Gasteiger partial charge in [0.05, 0.1) is 17.6 Å². The summed E-state index contributed by atoms with van der Waals surface area (Å²) in [6, 6.07) is 4.85. The molecular formula is C16H24N2O3. The minimum atomic E-state index is -0.369. The van der Waals surface area contributed by atoms with E-state index in [0.29, 0.717) is 12.0 Å². The van der Waals surface area contributed by atoms with Crippen LogP contribution in [0.25, 0.3) is 0 Å². The molecule has 0 aliphatic heterocycles. The highest BCUT2D eigenvalue weighted by Crippen LogP contribution is 2.36. The van der Waals surface area contributed by atoms with E-state index in [1.807, 2.05) is 7.05 Å². The van der Waals surface area contributed by atoms with Crippen LogP contribution in [0.5, 0.6) is 0 Å². The van der Waals surface area contributed by atoms with Crippen molar-refractivity contribution in [1.82, 2.24) is 0 Å². The minimum absolute atomic E-state index is 0.109. The Balaban J connectivity index is 1.99. The summed E-state index contributed by atoms with van der Waals surface area (Å²) in [4.78, 5) is 10.5. The molecule has 2 rings (SSSR count). The first-order valence-electron chi connectivity index (χ1n) is 7.48. The molecule has 5 nitrogen and oxygen atoms in total. The maximum Gasteiger partial charge on any atom is 0.269 e. The van der Waals surface area contributed by atoms with Crippen LogP contribution in [0.4, 0.5) is 11.4 Å². The van der Waals surface area contributed by atoms with Crippen molar-refractivity contribution in [3.05, 3.63) is 33.9 Å². The van der Waals surface area contributed by atoms with Crippen molar-refractivity contribution in [1.29, 1.82) is 0 Å². The van der Waals surface area contributed by atoms with E-state index in [-0.39, 0.29) is 16.7 Å². The lowest BCUT2D eigenvalue weighted by molar-refractivity contribution is -0.384. The minimum Gasteiger partial charge on any atom is -0.388 e. The first-order valence-corrected chi connectivity index (χ1v) is 7.48. The van der Waals surface area contributed by atoms with Crippen LogP contribution in [-0.2, 0) is 11.3 Å². The number of nitrogens with zero attached hydrogens (tertiary/aromatic N) is 1. The van der Waals surface area contributed by atoms with Gasteiger partial charge < -0.3 is 10.1 Å². The number of benzene rings is 1. The van der Waals surface area contributed by atoms with E-state index in [0.717, 1.165) is 24.1 Å². The fourth-order valence-corrected chi connectivity index (χ4v) is 2.80. The van der Waals surface area contributed by atoms with Gasteiger partial charge in [-0.15, -0.1) is 0 Å². The smallest absolute Gasteiger partial charge is 0.269 e. The lowest BCUT2D eigenvalue weighted by Crippen LogP contribution is -2.26. The van der Waals surface area contributed by atoms with Gasteiger partial charge in [-0.2, -0.15) is 0 Å². The van der Waals surface area contributed by atoms with E-state index in [4.69, 9.17) is 4.74 Å². The fourth-order valence-electron chi connectivity index (χ4n) is 2.80. The number of rotatable bonds is 5. The van der Waals surface area contributed by atoms with Crippen molar-refractivity contribution < 1.29 is 9.66 Å². The number of nitro benzene ring substituents is 1. The first kappa shape index (κ1) is 15.8. The number of ether oxygens (including phenoxy) is 1. The molecule has 1 aromatic carbocycles. The van der Waals surface area contributed by atoms with Crippen LogP contribution in [0.15, 0.2) is 18.2 Å². The fraction of sp³-hybridized carbons (Fsp3) is 0.625. The van der Waals surface area contributed by atoms with E-state index in [1.54, 1.807) is 12.1 Å². The summed E-state index contributed by atoms with van der Waals surface area (Å²) in [6.45, 7) is 5.01. The Morgan fingerprint density at radius 2 is 2.05 bits per heavy atom. The predicted molar refractivity (Wildman–Crippen MR) is 83.5 cm³/mol. The Morgan fingerprint density at radius 3 is 2.62 bits per heavy atom. The van der Waals surface area contributed by atoms with Crippen LogP contribution in [0.3, 0.4) is 0 Å². The van der Waals surface area contributed by atoms with Crippen LogP contribution in [-0.4, -0.2) is 18.1 Å². The molecule has 0 saturated heterocycles. The SMILES string of the molecule is CNc1ccc([N+](=O)[O-])cc1COC1CCC(C)(C)CC1. The van der Waals surface area contributed by atoms with Crippen molar-refractivity contribution in [2.45, 2.75) is 52.2 Å². The maximum atomic E-state index is 10.9. The van der Waals surface area contributed by atoms with Gasteiger partial charge in [0.15, 0.2) is 0 Å². The summed E-state index contributed by atoms with van der Waals surface area (Å²) in [5.41, 5.74) is 2.26. The van der Waals surface area contributed by atoms with Crippen LogP contribution in [0.1, 0.15) is 45.1 Å². The van der Waals surface area contributed by atoms with Crippen molar-refractivity contribution >= 4 is 11.4 Å². The Morgan fingerprint density at radius 1 is 1.38 bits per heavy atom. The molecule has 116 valence electrons. The van der Waals surface area contributed by atoms with Crippen LogP contribution >= 0.6 is 0 Å². The molecule has 21 heavy (non-hydrogen) atoms. The second-order valence-electron chi connectivity index (χ2n) is 6.52. The highest BCUT2D eigenvalue weighted by atomic mass is 16.6. The van der Waals surface area contributed by atoms with Crippen molar-refractivity contribution in [2.24, 2.45) is 5.41 Å². The molecule has 1 N–H and O–H groups in total. The molecule has 1 aliphatic carbocycles. The monoisotopic (exact) mass is 292 g/mol. The normalized spacial score (nSPS) is 18.4. The molecule has 1 aliphatic rings. The molecule has 0 amide bonds. The molecule has 0 aromatic heterocycles. The van der Waals surface area contributed by atoms with E-state index in [9.17, 15) is 10.1 Å². The Kier molecular flexibility index (Phi) is 4.83. The number of non-ortho nitro benzene ring substituents is 1.